The van der Waals surface area contributed by atoms with Gasteiger partial charge in [0.1, 0.15) is 22.7 Å². The molecule has 0 aliphatic carbocycles. The van der Waals surface area contributed by atoms with Crippen LogP contribution in [0.25, 0.3) is 22.3 Å². The molecular weight excluding hydrogens is 456 g/mol. The molecule has 1 fully saturated rings. The Morgan fingerprint density at radius 3 is 2.41 bits per heavy atom. The maximum Gasteiger partial charge on any atom is 0.239 e. The topological polar surface area (TPSA) is 189 Å². The van der Waals surface area contributed by atoms with Crippen LogP contribution in [0.15, 0.2) is 33.5 Å². The summed E-state index contributed by atoms with van der Waals surface area (Å²) in [7, 11) is 2.58. The molecular formula is C22H22O12. The van der Waals surface area contributed by atoms with Crippen molar-refractivity contribution in [2.24, 2.45) is 0 Å². The van der Waals surface area contributed by atoms with Crippen molar-refractivity contribution in [3.8, 4) is 45.8 Å². The van der Waals surface area contributed by atoms with Crippen molar-refractivity contribution in [3.05, 3.63) is 34.5 Å². The highest BCUT2D eigenvalue weighted by molar-refractivity contribution is 5.91. The third-order valence-corrected chi connectivity index (χ3v) is 5.51. The lowest BCUT2D eigenvalue weighted by Gasteiger charge is -2.24. The number of methoxy groups -OCH3 is 2. The monoisotopic (exact) mass is 478 g/mol. The zero-order valence-corrected chi connectivity index (χ0v) is 18.0. The summed E-state index contributed by atoms with van der Waals surface area (Å²) in [5.74, 6) is -2.44. The van der Waals surface area contributed by atoms with Crippen LogP contribution in [0.5, 0.6) is 34.5 Å². The van der Waals surface area contributed by atoms with Crippen LogP contribution in [0.1, 0.15) is 0 Å². The van der Waals surface area contributed by atoms with E-state index in [0.29, 0.717) is 0 Å². The molecule has 34 heavy (non-hydrogen) atoms. The Labute approximate surface area is 191 Å². The van der Waals surface area contributed by atoms with E-state index in [1.807, 2.05) is 0 Å². The molecule has 12 heteroatoms. The number of hydrogen-bond donors (Lipinski definition) is 6. The third kappa shape index (κ3) is 3.62. The van der Waals surface area contributed by atoms with E-state index >= 15 is 0 Å². The predicted molar refractivity (Wildman–Crippen MR) is 114 cm³/mol. The van der Waals surface area contributed by atoms with Crippen molar-refractivity contribution in [2.45, 2.75) is 18.0 Å². The fourth-order valence-electron chi connectivity index (χ4n) is 3.60. The van der Waals surface area contributed by atoms with E-state index in [9.17, 15) is 35.4 Å². The van der Waals surface area contributed by atoms with Gasteiger partial charge in [-0.3, -0.25) is 4.79 Å². The Balaban J connectivity index is 1.97. The van der Waals surface area contributed by atoms with Crippen LogP contribution in [0, 0.1) is 0 Å². The maximum absolute atomic E-state index is 13.5. The smallest absolute Gasteiger partial charge is 0.239 e. The van der Waals surface area contributed by atoms with Crippen molar-refractivity contribution in [1.29, 1.82) is 0 Å². The maximum atomic E-state index is 13.5. The molecule has 6 N–H and O–H groups in total. The number of ether oxygens (including phenoxy) is 4. The van der Waals surface area contributed by atoms with Gasteiger partial charge in [0.25, 0.3) is 0 Å². The lowest BCUT2D eigenvalue weighted by Crippen LogP contribution is -2.48. The molecule has 4 rings (SSSR count). The van der Waals surface area contributed by atoms with Gasteiger partial charge >= 0.3 is 0 Å². The zero-order valence-electron chi connectivity index (χ0n) is 18.0. The molecule has 12 nitrogen and oxygen atoms in total. The standard InChI is InChI=1S/C22H22O12/c1-30-13-6-12-14(15(26)18(13)31-2)16(27)19(34-21-20(28)22(29,7-23)8-32-21)17(33-12)9-3-4-10(24)11(25)5-9/h3-6,20-21,23-26,28-29H,7-8H2,1-2H3/t20-,21+,22-/m1/s1. The average molecular weight is 478 g/mol. The first-order chi connectivity index (χ1) is 16.1. The molecule has 0 unspecified atom stereocenters. The molecule has 1 aliphatic heterocycles. The molecule has 0 spiro atoms. The van der Waals surface area contributed by atoms with Crippen LogP contribution in [0.2, 0.25) is 0 Å². The summed E-state index contributed by atoms with van der Waals surface area (Å²) in [5.41, 5.74) is -2.98. The third-order valence-electron chi connectivity index (χ3n) is 5.51. The Morgan fingerprint density at radius 1 is 1.09 bits per heavy atom. The number of phenolic OH excluding ortho intramolecular Hbond substituents is 3. The van der Waals surface area contributed by atoms with Gasteiger partial charge < -0.3 is 54.0 Å². The molecule has 2 heterocycles. The van der Waals surface area contributed by atoms with Gasteiger partial charge in [-0.05, 0) is 18.2 Å². The molecule has 182 valence electrons. The van der Waals surface area contributed by atoms with Crippen LogP contribution >= 0.6 is 0 Å². The molecule has 0 saturated carbocycles. The summed E-state index contributed by atoms with van der Waals surface area (Å²) in [6, 6.07) is 4.87. The number of aliphatic hydroxyl groups excluding tert-OH is 2. The van der Waals surface area contributed by atoms with Gasteiger partial charge in [0.2, 0.25) is 23.2 Å². The van der Waals surface area contributed by atoms with Crippen molar-refractivity contribution in [3.63, 3.8) is 0 Å². The van der Waals surface area contributed by atoms with E-state index in [4.69, 9.17) is 23.4 Å². The van der Waals surface area contributed by atoms with E-state index in [1.165, 1.54) is 26.4 Å². The van der Waals surface area contributed by atoms with E-state index in [2.05, 4.69) is 0 Å². The summed E-state index contributed by atoms with van der Waals surface area (Å²) in [5, 5.41) is 59.9. The fourth-order valence-corrected chi connectivity index (χ4v) is 3.60. The number of rotatable bonds is 6. The zero-order chi connectivity index (χ0) is 24.8. The highest BCUT2D eigenvalue weighted by atomic mass is 16.7. The summed E-state index contributed by atoms with van der Waals surface area (Å²) < 4.78 is 27.0. The van der Waals surface area contributed by atoms with Crippen molar-refractivity contribution in [2.75, 3.05) is 27.4 Å². The minimum absolute atomic E-state index is 0.0615. The predicted octanol–water partition coefficient (Wildman–Crippen LogP) is 0.413. The van der Waals surface area contributed by atoms with Gasteiger partial charge in [0.05, 0.1) is 27.4 Å². The first kappa shape index (κ1) is 23.4. The molecule has 0 amide bonds. The largest absolute Gasteiger partial charge is 0.504 e. The molecule has 3 aromatic rings. The highest BCUT2D eigenvalue weighted by Crippen LogP contribution is 2.44. The van der Waals surface area contributed by atoms with E-state index in [1.54, 1.807) is 0 Å². The number of fused-ring (bicyclic) bond motifs is 1. The molecule has 3 atom stereocenters. The molecule has 2 aromatic carbocycles. The van der Waals surface area contributed by atoms with Crippen LogP contribution in [0.4, 0.5) is 0 Å². The first-order valence-electron chi connectivity index (χ1n) is 9.91. The number of benzene rings is 2. The molecule has 0 bridgehead atoms. The number of aromatic hydroxyl groups is 3. The van der Waals surface area contributed by atoms with Gasteiger partial charge in [-0.25, -0.2) is 0 Å². The SMILES string of the molecule is COc1cc2oc(-c3ccc(O)c(O)c3)c(O[C@@H]3OC[C@](O)(CO)[C@@H]3O)c(=O)c2c(O)c1OC. The summed E-state index contributed by atoms with van der Waals surface area (Å²) >= 11 is 0. The minimum atomic E-state index is -2.03. The highest BCUT2D eigenvalue weighted by Gasteiger charge is 2.49. The Hall–Kier alpha value is -3.71. The van der Waals surface area contributed by atoms with Crippen molar-refractivity contribution < 1.29 is 54.0 Å². The Kier molecular flexibility index (Phi) is 5.91. The number of aliphatic hydroxyl groups is 3. The second-order valence-corrected chi connectivity index (χ2v) is 7.63. The minimum Gasteiger partial charge on any atom is -0.504 e. The van der Waals surface area contributed by atoms with Crippen LogP contribution in [-0.4, -0.2) is 76.1 Å². The van der Waals surface area contributed by atoms with Crippen LogP contribution in [-0.2, 0) is 4.74 Å². The van der Waals surface area contributed by atoms with Crippen LogP contribution < -0.4 is 19.6 Å². The Morgan fingerprint density at radius 2 is 1.82 bits per heavy atom. The fraction of sp³-hybridized carbons (Fsp3) is 0.318. The summed E-state index contributed by atoms with van der Waals surface area (Å²) in [4.78, 5) is 13.5. The lowest BCUT2D eigenvalue weighted by atomic mass is 10.0. The van der Waals surface area contributed by atoms with E-state index in [-0.39, 0.29) is 33.8 Å². The molecule has 0 radical (unpaired) electrons. The number of hydrogen-bond acceptors (Lipinski definition) is 12. The van der Waals surface area contributed by atoms with Gasteiger partial charge in [-0.2, -0.15) is 0 Å². The summed E-state index contributed by atoms with van der Waals surface area (Å²) in [6.07, 6.45) is -3.34. The van der Waals surface area contributed by atoms with Crippen molar-refractivity contribution in [1.82, 2.24) is 0 Å². The molecule has 1 saturated heterocycles. The van der Waals surface area contributed by atoms with E-state index in [0.717, 1.165) is 12.1 Å². The van der Waals surface area contributed by atoms with E-state index < -0.39 is 59.6 Å². The first-order valence-corrected chi connectivity index (χ1v) is 9.91. The lowest BCUT2D eigenvalue weighted by molar-refractivity contribution is -0.116. The average Bonchev–Trinajstić information content (AvgIpc) is 3.11. The molecule has 1 aliphatic rings. The number of phenols is 3. The van der Waals surface area contributed by atoms with Gasteiger partial charge in [0, 0.05) is 11.6 Å². The normalized spacial score (nSPS) is 22.1. The van der Waals surface area contributed by atoms with Gasteiger partial charge in [0.15, 0.2) is 28.8 Å². The van der Waals surface area contributed by atoms with Gasteiger partial charge in [-0.1, -0.05) is 0 Å². The Bertz CT molecular complexity index is 1300. The van der Waals surface area contributed by atoms with Gasteiger partial charge in [-0.15, -0.1) is 0 Å². The van der Waals surface area contributed by atoms with Crippen molar-refractivity contribution >= 4 is 11.0 Å². The second-order valence-electron chi connectivity index (χ2n) is 7.63. The summed E-state index contributed by atoms with van der Waals surface area (Å²) in [6.45, 7) is -1.32. The second kappa shape index (κ2) is 8.57. The quantitative estimate of drug-likeness (QED) is 0.268. The van der Waals surface area contributed by atoms with Crippen LogP contribution in [0.3, 0.4) is 0 Å². The molecule has 1 aromatic heterocycles.